The summed E-state index contributed by atoms with van der Waals surface area (Å²) in [6.07, 6.45) is 0. The molecule has 4 heteroatoms. The topological polar surface area (TPSA) is 33.0 Å². The van der Waals surface area contributed by atoms with E-state index in [0.717, 1.165) is 0 Å². The summed E-state index contributed by atoms with van der Waals surface area (Å²) in [4.78, 5) is 0. The van der Waals surface area contributed by atoms with E-state index in [1.165, 1.54) is 0 Å². The lowest BCUT2D eigenvalue weighted by atomic mass is 10.2. The molecule has 1 aromatic rings. The Bertz CT molecular complexity index is 319. The molecule has 2 nitrogen and oxygen atoms in total. The lowest BCUT2D eigenvalue weighted by molar-refractivity contribution is 0.387. The maximum absolute atomic E-state index is 8.67. The maximum Gasteiger partial charge on any atom is 0.162 e. The van der Waals surface area contributed by atoms with Gasteiger partial charge in [0.15, 0.2) is 6.07 Å². The Labute approximate surface area is 80.3 Å². The van der Waals surface area contributed by atoms with Gasteiger partial charge in [-0.25, -0.2) is 0 Å². The molecule has 0 saturated heterocycles. The summed E-state index contributed by atoms with van der Waals surface area (Å²) < 4.78 is 4.97. The zero-order valence-corrected chi connectivity index (χ0v) is 7.56. The normalized spacial score (nSPS) is 9.08. The van der Waals surface area contributed by atoms with Crippen molar-refractivity contribution in [2.45, 2.75) is 0 Å². The van der Waals surface area contributed by atoms with Crippen LogP contribution in [0.4, 0.5) is 0 Å². The highest BCUT2D eigenvalue weighted by molar-refractivity contribution is 6.31. The van der Waals surface area contributed by atoms with Crippen molar-refractivity contribution in [2.75, 3.05) is 6.07 Å². The van der Waals surface area contributed by atoms with Crippen molar-refractivity contribution in [2.24, 2.45) is 0 Å². The minimum Gasteiger partial charge on any atom is -0.476 e. The van der Waals surface area contributed by atoms with Gasteiger partial charge in [-0.05, 0) is 12.1 Å². The number of benzene rings is 1. The smallest absolute Gasteiger partial charge is 0.162 e. The Balaban J connectivity index is 3.11. The Morgan fingerprint density at radius 1 is 1.50 bits per heavy atom. The van der Waals surface area contributed by atoms with Crippen LogP contribution < -0.4 is 4.74 Å². The van der Waals surface area contributed by atoms with Crippen LogP contribution in [0.25, 0.3) is 0 Å². The molecule has 0 aliphatic rings. The monoisotopic (exact) mass is 201 g/mol. The van der Waals surface area contributed by atoms with Crippen LogP contribution in [0.5, 0.6) is 5.75 Å². The van der Waals surface area contributed by atoms with Gasteiger partial charge in [0, 0.05) is 0 Å². The highest BCUT2D eigenvalue weighted by Crippen LogP contribution is 2.25. The Morgan fingerprint density at radius 2 is 2.25 bits per heavy atom. The van der Waals surface area contributed by atoms with Crippen LogP contribution >= 0.6 is 23.2 Å². The van der Waals surface area contributed by atoms with Gasteiger partial charge in [0.05, 0.1) is 5.02 Å². The van der Waals surface area contributed by atoms with Crippen LogP contribution in [0, 0.1) is 11.3 Å². The van der Waals surface area contributed by atoms with Gasteiger partial charge in [0.25, 0.3) is 0 Å². The molecule has 0 radical (unpaired) electrons. The van der Waals surface area contributed by atoms with Gasteiger partial charge in [-0.3, -0.25) is 0 Å². The molecule has 0 aliphatic heterocycles. The second-order valence-corrected chi connectivity index (χ2v) is 2.60. The van der Waals surface area contributed by atoms with Gasteiger partial charge < -0.3 is 4.74 Å². The predicted octanol–water partition coefficient (Wildman–Crippen LogP) is 2.79. The van der Waals surface area contributed by atoms with Crippen LogP contribution in [0.15, 0.2) is 18.2 Å². The molecule has 0 bridgehead atoms. The third kappa shape index (κ3) is 1.82. The molecule has 0 aromatic heterocycles. The van der Waals surface area contributed by atoms with E-state index >= 15 is 0 Å². The van der Waals surface area contributed by atoms with Crippen LogP contribution in [0.2, 0.25) is 5.02 Å². The summed E-state index contributed by atoms with van der Waals surface area (Å²) in [6.45, 7) is 0. The number of alkyl halides is 1. The number of nitrogens with zero attached hydrogens (tertiary/aromatic N) is 1. The van der Waals surface area contributed by atoms with E-state index in [1.54, 1.807) is 18.2 Å². The maximum atomic E-state index is 8.67. The lowest BCUT2D eigenvalue weighted by Crippen LogP contribution is -1.92. The van der Waals surface area contributed by atoms with Gasteiger partial charge in [0.2, 0.25) is 0 Å². The van der Waals surface area contributed by atoms with Crippen molar-refractivity contribution < 1.29 is 4.74 Å². The molecule has 0 atom stereocenters. The Morgan fingerprint density at radius 3 is 2.83 bits per heavy atom. The molecule has 1 aromatic carbocycles. The van der Waals surface area contributed by atoms with Crippen LogP contribution in [-0.2, 0) is 0 Å². The van der Waals surface area contributed by atoms with Gasteiger partial charge in [-0.1, -0.05) is 29.3 Å². The third-order valence-electron chi connectivity index (χ3n) is 1.30. The van der Waals surface area contributed by atoms with Crippen LogP contribution in [0.1, 0.15) is 5.56 Å². The van der Waals surface area contributed by atoms with E-state index in [-0.39, 0.29) is 6.07 Å². The summed E-state index contributed by atoms with van der Waals surface area (Å²) in [5.74, 6) is 0.417. The van der Waals surface area contributed by atoms with Gasteiger partial charge in [-0.2, -0.15) is 5.26 Å². The van der Waals surface area contributed by atoms with E-state index in [0.29, 0.717) is 16.3 Å². The molecular formula is C8H5Cl2NO. The van der Waals surface area contributed by atoms with Crippen molar-refractivity contribution in [1.29, 1.82) is 5.26 Å². The van der Waals surface area contributed by atoms with Crippen molar-refractivity contribution in [3.05, 3.63) is 28.8 Å². The SMILES string of the molecule is N#Cc1c(Cl)cccc1OCCl. The van der Waals surface area contributed by atoms with E-state index in [1.807, 2.05) is 6.07 Å². The molecule has 0 aliphatic carbocycles. The molecule has 0 spiro atoms. The zero-order valence-electron chi connectivity index (χ0n) is 6.05. The number of ether oxygens (including phenoxy) is 1. The van der Waals surface area contributed by atoms with Crippen molar-refractivity contribution in [3.8, 4) is 11.8 Å². The minimum atomic E-state index is 0.00895. The molecule has 0 unspecified atom stereocenters. The fourth-order valence-corrected chi connectivity index (χ4v) is 1.12. The van der Waals surface area contributed by atoms with E-state index in [9.17, 15) is 0 Å². The number of halogens is 2. The first-order valence-corrected chi connectivity index (χ1v) is 4.08. The van der Waals surface area contributed by atoms with E-state index in [2.05, 4.69) is 0 Å². The first kappa shape index (κ1) is 9.18. The summed E-state index contributed by atoms with van der Waals surface area (Å²) in [5.41, 5.74) is 0.319. The second-order valence-electron chi connectivity index (χ2n) is 1.98. The Kier molecular flexibility index (Phi) is 3.21. The molecular weight excluding hydrogens is 197 g/mol. The van der Waals surface area contributed by atoms with Crippen molar-refractivity contribution in [1.82, 2.24) is 0 Å². The first-order chi connectivity index (χ1) is 5.79. The molecule has 0 N–H and O–H groups in total. The molecule has 1 rings (SSSR count). The number of nitriles is 1. The molecule has 0 heterocycles. The fourth-order valence-electron chi connectivity index (χ4n) is 0.792. The quantitative estimate of drug-likeness (QED) is 0.690. The fraction of sp³-hybridized carbons (Fsp3) is 0.125. The van der Waals surface area contributed by atoms with Crippen LogP contribution in [0.3, 0.4) is 0 Å². The molecule has 62 valence electrons. The van der Waals surface area contributed by atoms with E-state index in [4.69, 9.17) is 33.2 Å². The minimum absolute atomic E-state index is 0.00895. The van der Waals surface area contributed by atoms with Crippen LogP contribution in [-0.4, -0.2) is 6.07 Å². The number of hydrogen-bond donors (Lipinski definition) is 0. The zero-order chi connectivity index (χ0) is 8.97. The molecule has 0 fully saturated rings. The molecule has 12 heavy (non-hydrogen) atoms. The van der Waals surface area contributed by atoms with Gasteiger partial charge in [0.1, 0.15) is 17.4 Å². The van der Waals surface area contributed by atoms with Crippen molar-refractivity contribution >= 4 is 23.2 Å². The summed E-state index contributed by atoms with van der Waals surface area (Å²) >= 11 is 11.1. The largest absolute Gasteiger partial charge is 0.476 e. The summed E-state index contributed by atoms with van der Waals surface area (Å²) in [5, 5.41) is 9.04. The first-order valence-electron chi connectivity index (χ1n) is 3.17. The standard InChI is InChI=1S/C8H5Cl2NO/c9-5-12-8-3-1-2-7(10)6(8)4-11/h1-3H,5H2. The third-order valence-corrected chi connectivity index (χ3v) is 1.72. The number of hydrogen-bond acceptors (Lipinski definition) is 2. The van der Waals surface area contributed by atoms with E-state index < -0.39 is 0 Å². The van der Waals surface area contributed by atoms with Crippen molar-refractivity contribution in [3.63, 3.8) is 0 Å². The average Bonchev–Trinajstić information content (AvgIpc) is 2.05. The molecule has 0 amide bonds. The van der Waals surface area contributed by atoms with Gasteiger partial charge in [-0.15, -0.1) is 0 Å². The summed E-state index contributed by atoms with van der Waals surface area (Å²) in [7, 11) is 0. The highest BCUT2D eigenvalue weighted by Gasteiger charge is 2.05. The Hall–Kier alpha value is -0.910. The average molecular weight is 202 g/mol. The number of rotatable bonds is 2. The summed E-state index contributed by atoms with van der Waals surface area (Å²) in [6, 6.07) is 6.91. The predicted molar refractivity (Wildman–Crippen MR) is 47.5 cm³/mol. The van der Waals surface area contributed by atoms with Gasteiger partial charge >= 0.3 is 0 Å². The lowest BCUT2D eigenvalue weighted by Gasteiger charge is -2.03. The second kappa shape index (κ2) is 4.20. The molecule has 0 saturated carbocycles. The highest BCUT2D eigenvalue weighted by atomic mass is 35.5.